The third-order valence-corrected chi connectivity index (χ3v) is 4.81. The Morgan fingerprint density at radius 2 is 1.92 bits per heavy atom. The number of rotatable bonds is 4. The lowest BCUT2D eigenvalue weighted by molar-refractivity contribution is 0.211. The highest BCUT2D eigenvalue weighted by atomic mass is 35.5. The van der Waals surface area contributed by atoms with E-state index in [4.69, 9.17) is 27.9 Å². The molecule has 0 saturated heterocycles. The van der Waals surface area contributed by atoms with Crippen LogP contribution in [0.3, 0.4) is 0 Å². The first-order chi connectivity index (χ1) is 12.3. The largest absolute Gasteiger partial charge is 0.497 e. The van der Waals surface area contributed by atoms with Crippen LogP contribution in [-0.4, -0.2) is 21.8 Å². The van der Waals surface area contributed by atoms with Crippen LogP contribution in [0.1, 0.15) is 28.6 Å². The lowest BCUT2D eigenvalue weighted by atomic mass is 9.99. The van der Waals surface area contributed by atoms with Gasteiger partial charge in [-0.25, -0.2) is 9.37 Å². The van der Waals surface area contributed by atoms with Gasteiger partial charge in [-0.05, 0) is 60.8 Å². The van der Waals surface area contributed by atoms with Crippen molar-refractivity contribution in [2.24, 2.45) is 0 Å². The molecule has 0 spiro atoms. The summed E-state index contributed by atoms with van der Waals surface area (Å²) in [5.41, 5.74) is 2.35. The van der Waals surface area contributed by atoms with Crippen LogP contribution in [0.2, 0.25) is 10.3 Å². The zero-order chi connectivity index (χ0) is 19.0. The van der Waals surface area contributed by atoms with Crippen LogP contribution in [0.25, 0.3) is 5.69 Å². The van der Waals surface area contributed by atoms with Crippen LogP contribution < -0.4 is 4.74 Å². The van der Waals surface area contributed by atoms with Gasteiger partial charge in [0.25, 0.3) is 0 Å². The van der Waals surface area contributed by atoms with Crippen LogP contribution >= 0.6 is 23.2 Å². The number of aryl methyl sites for hydroxylation is 2. The summed E-state index contributed by atoms with van der Waals surface area (Å²) in [4.78, 5) is 4.20. The van der Waals surface area contributed by atoms with Gasteiger partial charge in [0.15, 0.2) is 0 Å². The van der Waals surface area contributed by atoms with Gasteiger partial charge < -0.3 is 9.84 Å². The van der Waals surface area contributed by atoms with Crippen molar-refractivity contribution in [1.82, 2.24) is 9.55 Å². The molecule has 0 radical (unpaired) electrons. The molecule has 2 aromatic carbocycles. The molecule has 136 valence electrons. The molecule has 0 fully saturated rings. The third kappa shape index (κ3) is 3.18. The highest BCUT2D eigenvalue weighted by Gasteiger charge is 2.26. The summed E-state index contributed by atoms with van der Waals surface area (Å²) in [7, 11) is 1.57. The molecule has 1 atom stereocenters. The number of benzene rings is 2. The number of methoxy groups -OCH3 is 1. The van der Waals surface area contributed by atoms with Gasteiger partial charge in [-0.2, -0.15) is 0 Å². The molecule has 0 aliphatic heterocycles. The van der Waals surface area contributed by atoms with Crippen molar-refractivity contribution in [3.8, 4) is 11.4 Å². The number of imidazole rings is 1. The standard InChI is InChI=1S/C19H17Cl2FN2O2/c1-10-9-12(26-3)7-8-13(10)18(25)16-11(2)23-19(21)24(16)17-14(20)5-4-6-15(17)22/h4-9,18,25H,1-3H3. The Bertz CT molecular complexity index is 952. The Morgan fingerprint density at radius 3 is 2.54 bits per heavy atom. The number of aromatic nitrogens is 2. The Labute approximate surface area is 160 Å². The molecule has 1 heterocycles. The molecule has 0 bridgehead atoms. The minimum absolute atomic E-state index is 0.0229. The van der Waals surface area contributed by atoms with Crippen molar-refractivity contribution >= 4 is 23.2 Å². The SMILES string of the molecule is COc1ccc(C(O)c2c(C)nc(Cl)n2-c2c(F)cccc2Cl)c(C)c1. The summed E-state index contributed by atoms with van der Waals surface area (Å²) in [6.07, 6.45) is -1.07. The predicted molar refractivity (Wildman–Crippen MR) is 100 cm³/mol. The quantitative estimate of drug-likeness (QED) is 0.675. The van der Waals surface area contributed by atoms with Crippen molar-refractivity contribution in [3.63, 3.8) is 0 Å². The number of hydrogen-bond donors (Lipinski definition) is 1. The lowest BCUT2D eigenvalue weighted by Crippen LogP contribution is -2.11. The fraction of sp³-hybridized carbons (Fsp3) is 0.211. The van der Waals surface area contributed by atoms with Gasteiger partial charge in [-0.15, -0.1) is 0 Å². The van der Waals surface area contributed by atoms with E-state index in [0.717, 1.165) is 5.56 Å². The van der Waals surface area contributed by atoms with Crippen LogP contribution in [0.15, 0.2) is 36.4 Å². The molecular weight excluding hydrogens is 378 g/mol. The maximum absolute atomic E-state index is 14.5. The Hall–Kier alpha value is -2.08. The minimum atomic E-state index is -1.07. The number of para-hydroxylation sites is 1. The van der Waals surface area contributed by atoms with E-state index in [9.17, 15) is 9.50 Å². The third-order valence-electron chi connectivity index (χ3n) is 4.25. The first kappa shape index (κ1) is 18.7. The molecule has 0 aliphatic carbocycles. The molecule has 3 rings (SSSR count). The minimum Gasteiger partial charge on any atom is -0.497 e. The molecular formula is C19H17Cl2FN2O2. The summed E-state index contributed by atoms with van der Waals surface area (Å²) >= 11 is 12.4. The lowest BCUT2D eigenvalue weighted by Gasteiger charge is -2.19. The van der Waals surface area contributed by atoms with E-state index in [-0.39, 0.29) is 16.0 Å². The van der Waals surface area contributed by atoms with Crippen molar-refractivity contribution in [1.29, 1.82) is 0 Å². The van der Waals surface area contributed by atoms with Gasteiger partial charge >= 0.3 is 0 Å². The monoisotopic (exact) mass is 394 g/mol. The number of aliphatic hydroxyl groups excluding tert-OH is 1. The fourth-order valence-electron chi connectivity index (χ4n) is 2.97. The number of ether oxygens (including phenoxy) is 1. The fourth-order valence-corrected chi connectivity index (χ4v) is 3.52. The highest BCUT2D eigenvalue weighted by molar-refractivity contribution is 6.33. The summed E-state index contributed by atoms with van der Waals surface area (Å²) in [5.74, 6) is 0.121. The molecule has 0 saturated carbocycles. The molecule has 3 aromatic rings. The van der Waals surface area contributed by atoms with E-state index < -0.39 is 11.9 Å². The van der Waals surface area contributed by atoms with Gasteiger partial charge in [0.2, 0.25) is 5.28 Å². The molecule has 1 unspecified atom stereocenters. The van der Waals surface area contributed by atoms with Crippen molar-refractivity contribution in [2.75, 3.05) is 7.11 Å². The highest BCUT2D eigenvalue weighted by Crippen LogP contribution is 2.36. The number of aliphatic hydroxyl groups is 1. The first-order valence-corrected chi connectivity index (χ1v) is 8.62. The molecule has 1 N–H and O–H groups in total. The maximum Gasteiger partial charge on any atom is 0.208 e. The zero-order valence-electron chi connectivity index (χ0n) is 14.4. The molecule has 1 aromatic heterocycles. The van der Waals surface area contributed by atoms with Gasteiger partial charge in [0.1, 0.15) is 23.4 Å². The van der Waals surface area contributed by atoms with Crippen LogP contribution in [0.5, 0.6) is 5.75 Å². The second-order valence-electron chi connectivity index (χ2n) is 5.88. The smallest absolute Gasteiger partial charge is 0.208 e. The van der Waals surface area contributed by atoms with Crippen molar-refractivity contribution < 1.29 is 14.2 Å². The predicted octanol–water partition coefficient (Wildman–Crippen LogP) is 5.03. The normalized spacial score (nSPS) is 12.3. The van der Waals surface area contributed by atoms with Crippen LogP contribution in [0.4, 0.5) is 4.39 Å². The van der Waals surface area contributed by atoms with E-state index in [1.54, 1.807) is 32.2 Å². The molecule has 7 heteroatoms. The van der Waals surface area contributed by atoms with E-state index in [0.29, 0.717) is 22.7 Å². The summed E-state index contributed by atoms with van der Waals surface area (Å²) in [5, 5.41) is 11.2. The van der Waals surface area contributed by atoms with E-state index in [1.807, 2.05) is 13.0 Å². The number of nitrogens with zero attached hydrogens (tertiary/aromatic N) is 2. The summed E-state index contributed by atoms with van der Waals surface area (Å²) < 4.78 is 21.0. The number of halogens is 3. The van der Waals surface area contributed by atoms with Gasteiger partial charge in [-0.3, -0.25) is 4.57 Å². The second kappa shape index (κ2) is 7.27. The first-order valence-electron chi connectivity index (χ1n) is 7.86. The second-order valence-corrected chi connectivity index (χ2v) is 6.63. The number of hydrogen-bond acceptors (Lipinski definition) is 3. The summed E-state index contributed by atoms with van der Waals surface area (Å²) in [6, 6.07) is 9.66. The Balaban J connectivity index is 2.21. The van der Waals surface area contributed by atoms with Gasteiger partial charge in [0.05, 0.1) is 23.5 Å². The summed E-state index contributed by atoms with van der Waals surface area (Å²) in [6.45, 7) is 3.56. The molecule has 4 nitrogen and oxygen atoms in total. The van der Waals surface area contributed by atoms with E-state index in [1.165, 1.54) is 16.7 Å². The topological polar surface area (TPSA) is 47.3 Å². The zero-order valence-corrected chi connectivity index (χ0v) is 15.9. The van der Waals surface area contributed by atoms with Crippen molar-refractivity contribution in [2.45, 2.75) is 20.0 Å². The maximum atomic E-state index is 14.5. The van der Waals surface area contributed by atoms with Gasteiger partial charge in [0, 0.05) is 0 Å². The average molecular weight is 395 g/mol. The van der Waals surface area contributed by atoms with Crippen LogP contribution in [-0.2, 0) is 0 Å². The van der Waals surface area contributed by atoms with Gasteiger partial charge in [-0.1, -0.05) is 23.7 Å². The average Bonchev–Trinajstić information content (AvgIpc) is 2.88. The van der Waals surface area contributed by atoms with E-state index in [2.05, 4.69) is 4.98 Å². The van der Waals surface area contributed by atoms with Crippen LogP contribution in [0, 0.1) is 19.7 Å². The molecule has 0 aliphatic rings. The van der Waals surface area contributed by atoms with E-state index >= 15 is 0 Å². The van der Waals surface area contributed by atoms with Crippen molar-refractivity contribution in [3.05, 3.63) is 75.0 Å². The Morgan fingerprint density at radius 1 is 1.19 bits per heavy atom. The molecule has 0 amide bonds. The molecule has 26 heavy (non-hydrogen) atoms. The Kier molecular flexibility index (Phi) is 5.23.